The zero-order valence-electron chi connectivity index (χ0n) is 20.7. The summed E-state index contributed by atoms with van der Waals surface area (Å²) in [5.74, 6) is -1.37. The number of aliphatic hydroxyl groups excluding tert-OH is 1. The standard InChI is InChI=1S/C28H36N4O4/c1-2-22(29)26(34)31-25-20(17-33)13-14-21-15-16-23(32(21)28(25)36)27(35)30-24(18-9-5-3-6-10-18)19-11-7-4-8-12-19/h3-12,20-25,33H,2,13-17,29H2,1H3,(H,30,35)(H,31,34)/t20?,21?,22-,23?,25?/m0/s1. The van der Waals surface area contributed by atoms with Crippen LogP contribution in [0, 0.1) is 5.92 Å². The Labute approximate surface area is 212 Å². The van der Waals surface area contributed by atoms with E-state index >= 15 is 0 Å². The zero-order valence-corrected chi connectivity index (χ0v) is 20.7. The lowest BCUT2D eigenvalue weighted by atomic mass is 9.93. The molecule has 0 aromatic heterocycles. The first kappa shape index (κ1) is 25.9. The number of fused-ring (bicyclic) bond motifs is 1. The van der Waals surface area contributed by atoms with Gasteiger partial charge < -0.3 is 26.4 Å². The molecule has 4 unspecified atom stereocenters. The van der Waals surface area contributed by atoms with E-state index in [0.29, 0.717) is 32.1 Å². The van der Waals surface area contributed by atoms with Crippen LogP contribution < -0.4 is 16.4 Å². The van der Waals surface area contributed by atoms with E-state index in [1.54, 1.807) is 11.8 Å². The molecule has 36 heavy (non-hydrogen) atoms. The molecule has 0 saturated carbocycles. The molecular weight excluding hydrogens is 456 g/mol. The summed E-state index contributed by atoms with van der Waals surface area (Å²) >= 11 is 0. The van der Waals surface area contributed by atoms with Gasteiger partial charge >= 0.3 is 0 Å². The van der Waals surface area contributed by atoms with Crippen LogP contribution in [0.25, 0.3) is 0 Å². The van der Waals surface area contributed by atoms with Crippen LogP contribution in [-0.2, 0) is 14.4 Å². The molecular formula is C28H36N4O4. The Balaban J connectivity index is 1.58. The first-order valence-electron chi connectivity index (χ1n) is 12.8. The van der Waals surface area contributed by atoms with Gasteiger partial charge in [-0.2, -0.15) is 0 Å². The number of nitrogens with one attached hydrogen (secondary N) is 2. The SMILES string of the molecule is CC[C@H](N)C(=O)NC1C(=O)N2C(CCC1CO)CCC2C(=O)NC(c1ccccc1)c1ccccc1. The van der Waals surface area contributed by atoms with Gasteiger partial charge in [0.05, 0.1) is 12.1 Å². The maximum Gasteiger partial charge on any atom is 0.246 e. The van der Waals surface area contributed by atoms with E-state index in [1.807, 2.05) is 60.7 Å². The Hall–Kier alpha value is -3.23. The Morgan fingerprint density at radius 2 is 1.58 bits per heavy atom. The fourth-order valence-electron chi connectivity index (χ4n) is 5.40. The number of carbonyl (C=O) groups is 3. The van der Waals surface area contributed by atoms with Crippen molar-refractivity contribution in [2.75, 3.05) is 6.61 Å². The third-order valence-electron chi connectivity index (χ3n) is 7.53. The highest BCUT2D eigenvalue weighted by atomic mass is 16.3. The van der Waals surface area contributed by atoms with Crippen molar-refractivity contribution in [3.05, 3.63) is 71.8 Å². The van der Waals surface area contributed by atoms with Crippen molar-refractivity contribution in [2.24, 2.45) is 11.7 Å². The molecule has 0 aliphatic carbocycles. The number of carbonyl (C=O) groups excluding carboxylic acids is 3. The summed E-state index contributed by atoms with van der Waals surface area (Å²) in [6.07, 6.45) is 2.96. The average molecular weight is 493 g/mol. The highest BCUT2D eigenvalue weighted by molar-refractivity contribution is 5.94. The van der Waals surface area contributed by atoms with Crippen molar-refractivity contribution in [3.63, 3.8) is 0 Å². The minimum Gasteiger partial charge on any atom is -0.396 e. The molecule has 192 valence electrons. The number of hydrogen-bond acceptors (Lipinski definition) is 5. The third-order valence-corrected chi connectivity index (χ3v) is 7.53. The van der Waals surface area contributed by atoms with Gasteiger partial charge in [-0.15, -0.1) is 0 Å². The summed E-state index contributed by atoms with van der Waals surface area (Å²) in [5.41, 5.74) is 7.79. The van der Waals surface area contributed by atoms with E-state index in [9.17, 15) is 19.5 Å². The molecule has 3 amide bonds. The van der Waals surface area contributed by atoms with E-state index in [-0.39, 0.29) is 30.5 Å². The lowest BCUT2D eigenvalue weighted by Gasteiger charge is -2.33. The van der Waals surface area contributed by atoms with Crippen LogP contribution in [0.2, 0.25) is 0 Å². The number of nitrogens with zero attached hydrogens (tertiary/aromatic N) is 1. The van der Waals surface area contributed by atoms with Gasteiger partial charge in [0.1, 0.15) is 12.1 Å². The van der Waals surface area contributed by atoms with Crippen molar-refractivity contribution in [1.29, 1.82) is 0 Å². The van der Waals surface area contributed by atoms with Gasteiger partial charge in [-0.3, -0.25) is 14.4 Å². The lowest BCUT2D eigenvalue weighted by Crippen LogP contribution is -2.58. The predicted molar refractivity (Wildman–Crippen MR) is 137 cm³/mol. The fraction of sp³-hybridized carbons (Fsp3) is 0.464. The van der Waals surface area contributed by atoms with Gasteiger partial charge in [-0.1, -0.05) is 67.6 Å². The Morgan fingerprint density at radius 3 is 2.14 bits per heavy atom. The maximum absolute atomic E-state index is 13.8. The molecule has 2 aliphatic rings. The fourth-order valence-corrected chi connectivity index (χ4v) is 5.40. The summed E-state index contributed by atoms with van der Waals surface area (Å²) in [7, 11) is 0. The third kappa shape index (κ3) is 5.44. The van der Waals surface area contributed by atoms with Crippen LogP contribution >= 0.6 is 0 Å². The summed E-state index contributed by atoms with van der Waals surface area (Å²) < 4.78 is 0. The van der Waals surface area contributed by atoms with Gasteiger partial charge in [0, 0.05) is 18.6 Å². The summed E-state index contributed by atoms with van der Waals surface area (Å²) in [6, 6.07) is 16.8. The average Bonchev–Trinajstić information content (AvgIpc) is 3.30. The van der Waals surface area contributed by atoms with Crippen molar-refractivity contribution >= 4 is 17.7 Å². The van der Waals surface area contributed by atoms with Gasteiger partial charge in [-0.05, 0) is 43.2 Å². The molecule has 0 radical (unpaired) electrons. The number of hydrogen-bond donors (Lipinski definition) is 4. The topological polar surface area (TPSA) is 125 Å². The van der Waals surface area contributed by atoms with Gasteiger partial charge in [0.25, 0.3) is 0 Å². The quantitative estimate of drug-likeness (QED) is 0.448. The van der Waals surface area contributed by atoms with Crippen LogP contribution in [0.5, 0.6) is 0 Å². The minimum atomic E-state index is -0.905. The second-order valence-electron chi connectivity index (χ2n) is 9.78. The zero-order chi connectivity index (χ0) is 25.7. The van der Waals surface area contributed by atoms with E-state index in [2.05, 4.69) is 10.6 Å². The number of benzene rings is 2. The van der Waals surface area contributed by atoms with Crippen LogP contribution in [-0.4, -0.2) is 58.5 Å². The smallest absolute Gasteiger partial charge is 0.246 e. The highest BCUT2D eigenvalue weighted by Gasteiger charge is 2.47. The molecule has 0 bridgehead atoms. The van der Waals surface area contributed by atoms with E-state index in [0.717, 1.165) is 11.1 Å². The second-order valence-corrected chi connectivity index (χ2v) is 9.78. The molecule has 2 fully saturated rings. The molecule has 2 aliphatic heterocycles. The summed E-state index contributed by atoms with van der Waals surface area (Å²) in [4.78, 5) is 41.7. The minimum absolute atomic E-state index is 0.101. The highest BCUT2D eigenvalue weighted by Crippen LogP contribution is 2.34. The molecule has 2 heterocycles. The molecule has 0 spiro atoms. The van der Waals surface area contributed by atoms with Gasteiger partial charge in [0.2, 0.25) is 17.7 Å². The molecule has 5 atom stereocenters. The first-order valence-corrected chi connectivity index (χ1v) is 12.8. The van der Waals surface area contributed by atoms with E-state index in [1.165, 1.54) is 0 Å². The Bertz CT molecular complexity index is 1010. The Kier molecular flexibility index (Phi) is 8.38. The van der Waals surface area contributed by atoms with Crippen LogP contribution in [0.4, 0.5) is 0 Å². The van der Waals surface area contributed by atoms with E-state index < -0.39 is 30.0 Å². The monoisotopic (exact) mass is 492 g/mol. The van der Waals surface area contributed by atoms with Crippen molar-refractivity contribution < 1.29 is 19.5 Å². The first-order chi connectivity index (χ1) is 17.4. The Morgan fingerprint density at radius 1 is 1.00 bits per heavy atom. The van der Waals surface area contributed by atoms with Crippen molar-refractivity contribution in [1.82, 2.24) is 15.5 Å². The molecule has 2 aromatic carbocycles. The second kappa shape index (κ2) is 11.7. The van der Waals surface area contributed by atoms with Gasteiger partial charge in [-0.25, -0.2) is 0 Å². The lowest BCUT2D eigenvalue weighted by molar-refractivity contribution is -0.144. The summed E-state index contributed by atoms with van der Waals surface area (Å²) in [6.45, 7) is 1.58. The number of aliphatic hydroxyl groups is 1. The molecule has 4 rings (SSSR count). The molecule has 2 aromatic rings. The van der Waals surface area contributed by atoms with Crippen LogP contribution in [0.15, 0.2) is 60.7 Å². The molecule has 8 heteroatoms. The van der Waals surface area contributed by atoms with Crippen LogP contribution in [0.1, 0.15) is 56.2 Å². The summed E-state index contributed by atoms with van der Waals surface area (Å²) in [5, 5.41) is 16.0. The van der Waals surface area contributed by atoms with E-state index in [4.69, 9.17) is 5.73 Å². The van der Waals surface area contributed by atoms with Crippen LogP contribution in [0.3, 0.4) is 0 Å². The van der Waals surface area contributed by atoms with Crippen molar-refractivity contribution in [2.45, 2.75) is 69.2 Å². The molecule has 5 N–H and O–H groups in total. The molecule has 8 nitrogen and oxygen atoms in total. The van der Waals surface area contributed by atoms with Crippen molar-refractivity contribution in [3.8, 4) is 0 Å². The maximum atomic E-state index is 13.8. The normalized spacial score (nSPS) is 24.7. The number of amides is 3. The number of nitrogens with two attached hydrogens (primary N) is 1. The van der Waals surface area contributed by atoms with Gasteiger partial charge in [0.15, 0.2) is 0 Å². The number of rotatable bonds is 8. The molecule has 2 saturated heterocycles. The largest absolute Gasteiger partial charge is 0.396 e. The predicted octanol–water partition coefficient (Wildman–Crippen LogP) is 1.88.